The third-order valence-electron chi connectivity index (χ3n) is 9.44. The van der Waals surface area contributed by atoms with Crippen molar-refractivity contribution >= 4 is 23.0 Å². The fraction of sp³-hybridized carbons (Fsp3) is 0.690. The number of hydrogen-bond acceptors (Lipinski definition) is 8. The van der Waals surface area contributed by atoms with E-state index < -0.39 is 24.1 Å². The number of fused-ring (bicyclic) bond motifs is 1. The Labute approximate surface area is 223 Å². The van der Waals surface area contributed by atoms with E-state index in [1.807, 2.05) is 6.92 Å². The molecule has 1 saturated heterocycles. The Hall–Kier alpha value is -2.83. The van der Waals surface area contributed by atoms with E-state index in [1.54, 1.807) is 17.0 Å². The fourth-order valence-corrected chi connectivity index (χ4v) is 8.16. The van der Waals surface area contributed by atoms with Gasteiger partial charge in [0, 0.05) is 12.1 Å². The second kappa shape index (κ2) is 9.73. The van der Waals surface area contributed by atoms with Crippen LogP contribution in [0.4, 0.5) is 10.5 Å². The molecule has 0 spiro atoms. The highest BCUT2D eigenvalue weighted by atomic mass is 16.7. The highest BCUT2D eigenvalue weighted by molar-refractivity contribution is 5.84. The van der Waals surface area contributed by atoms with Gasteiger partial charge in [0.15, 0.2) is 11.2 Å². The first-order chi connectivity index (χ1) is 18.3. The number of hydrogen-bond donors (Lipinski definition) is 2. The Balaban J connectivity index is 0.980. The summed E-state index contributed by atoms with van der Waals surface area (Å²) in [6.07, 6.45) is 16.7. The molecule has 3 N–H and O–H groups in total. The largest absolute Gasteiger partial charge is 0.508 e. The zero-order valence-corrected chi connectivity index (χ0v) is 22.1. The molecule has 5 fully saturated rings. The maximum Gasteiger partial charge on any atom is 0.508 e. The van der Waals surface area contributed by atoms with Crippen molar-refractivity contribution < 1.29 is 24.1 Å². The number of unbranched alkanes of at least 4 members (excludes halogenated alkanes) is 1. The van der Waals surface area contributed by atoms with Gasteiger partial charge in [-0.2, -0.15) is 0 Å². The topological polar surface area (TPSA) is 122 Å². The van der Waals surface area contributed by atoms with Crippen LogP contribution in [0.25, 0.3) is 11.2 Å². The van der Waals surface area contributed by atoms with Gasteiger partial charge in [-0.25, -0.2) is 14.8 Å². The average molecular weight is 523 g/mol. The SMILES string of the molecule is C#C[C@]1(COC(=O)OCCCCC23CC4CC(CC(C4)C2)C3)O[C@@H](n2cnc3c(N)cc(C)nc32)C[C@@H]1O. The predicted molar refractivity (Wildman–Crippen MR) is 141 cm³/mol. The van der Waals surface area contributed by atoms with E-state index in [0.29, 0.717) is 28.9 Å². The monoisotopic (exact) mass is 522 g/mol. The van der Waals surface area contributed by atoms with Crippen molar-refractivity contribution in [3.05, 3.63) is 18.1 Å². The molecule has 0 amide bonds. The Bertz CT molecular complexity index is 1220. The van der Waals surface area contributed by atoms with Gasteiger partial charge in [0.1, 0.15) is 24.5 Å². The summed E-state index contributed by atoms with van der Waals surface area (Å²) in [6, 6.07) is 1.75. The molecule has 7 rings (SSSR count). The number of ether oxygens (including phenoxy) is 3. The molecule has 4 aliphatic carbocycles. The van der Waals surface area contributed by atoms with Gasteiger partial charge in [0.05, 0.1) is 18.6 Å². The minimum atomic E-state index is -1.49. The molecule has 4 bridgehead atoms. The number of aliphatic hydroxyl groups excluding tert-OH is 1. The third kappa shape index (κ3) is 4.62. The van der Waals surface area contributed by atoms with Gasteiger partial charge in [-0.3, -0.25) is 4.57 Å². The van der Waals surface area contributed by atoms with E-state index in [0.717, 1.165) is 36.3 Å². The minimum Gasteiger partial charge on any atom is -0.434 e. The summed E-state index contributed by atoms with van der Waals surface area (Å²) in [6.45, 7) is 1.84. The number of terminal acetylenes is 1. The molecular formula is C29H38N4O5. The maximum atomic E-state index is 12.3. The molecule has 38 heavy (non-hydrogen) atoms. The number of anilines is 1. The van der Waals surface area contributed by atoms with Crippen LogP contribution in [-0.4, -0.2) is 50.7 Å². The van der Waals surface area contributed by atoms with Crippen LogP contribution in [0.2, 0.25) is 0 Å². The predicted octanol–water partition coefficient (Wildman–Crippen LogP) is 4.51. The van der Waals surface area contributed by atoms with Crippen LogP contribution in [0.1, 0.15) is 76.1 Å². The van der Waals surface area contributed by atoms with E-state index >= 15 is 0 Å². The first-order valence-electron chi connectivity index (χ1n) is 14.0. The minimum absolute atomic E-state index is 0.188. The number of carbonyl (C=O) groups is 1. The number of nitrogens with two attached hydrogens (primary N) is 1. The van der Waals surface area contributed by atoms with Crippen molar-refractivity contribution in [2.24, 2.45) is 23.2 Å². The summed E-state index contributed by atoms with van der Waals surface area (Å²) in [5.41, 5.74) is 7.47. The third-order valence-corrected chi connectivity index (χ3v) is 9.44. The molecular weight excluding hydrogens is 484 g/mol. The highest BCUT2D eigenvalue weighted by Gasteiger charge is 2.51. The summed E-state index contributed by atoms with van der Waals surface area (Å²) in [5.74, 6) is 5.36. The van der Waals surface area contributed by atoms with E-state index in [-0.39, 0.29) is 13.0 Å². The molecule has 0 unspecified atom stereocenters. The molecule has 0 aromatic carbocycles. The zero-order chi connectivity index (χ0) is 26.5. The number of pyridine rings is 1. The number of nitrogen functional groups attached to an aromatic ring is 1. The van der Waals surface area contributed by atoms with Gasteiger partial charge in [-0.15, -0.1) is 6.42 Å². The van der Waals surface area contributed by atoms with Gasteiger partial charge < -0.3 is 25.1 Å². The molecule has 2 aromatic heterocycles. The van der Waals surface area contributed by atoms with Crippen molar-refractivity contribution in [1.82, 2.24) is 14.5 Å². The quantitative estimate of drug-likeness (QED) is 0.295. The standard InChI is InChI=1S/C29H38N4O5/c1-3-29(23(34)12-24(38-29)33-17-31-25-22(30)8-18(2)32-26(25)33)16-37-27(35)36-7-5-4-6-28-13-19-9-20(14-28)11-21(10-19)15-28/h1,8,17,19-21,23-24,34H,4-7,9-16H2,2H3,(H2,30,32)/t19?,20?,21?,23-,24+,28?,29+/m0/s1. The Morgan fingerprint density at radius 3 is 2.61 bits per heavy atom. The average Bonchev–Trinajstić information content (AvgIpc) is 3.43. The molecule has 0 radical (unpaired) electrons. The highest BCUT2D eigenvalue weighted by Crippen LogP contribution is 2.61. The molecule has 2 aromatic rings. The van der Waals surface area contributed by atoms with Gasteiger partial charge in [-0.05, 0) is 93.9 Å². The van der Waals surface area contributed by atoms with Gasteiger partial charge in [0.2, 0.25) is 0 Å². The van der Waals surface area contributed by atoms with Crippen molar-refractivity contribution in [3.8, 4) is 12.3 Å². The number of aryl methyl sites for hydroxylation is 1. The maximum absolute atomic E-state index is 12.3. The smallest absolute Gasteiger partial charge is 0.434 e. The van der Waals surface area contributed by atoms with Crippen molar-refractivity contribution in [3.63, 3.8) is 0 Å². The van der Waals surface area contributed by atoms with Crippen molar-refractivity contribution in [1.29, 1.82) is 0 Å². The molecule has 5 aliphatic rings. The number of rotatable bonds is 8. The molecule has 204 valence electrons. The summed E-state index contributed by atoms with van der Waals surface area (Å²) in [7, 11) is 0. The molecule has 9 nitrogen and oxygen atoms in total. The molecule has 3 heterocycles. The van der Waals surface area contributed by atoms with Crippen molar-refractivity contribution in [2.45, 2.75) is 89.1 Å². The molecule has 4 saturated carbocycles. The molecule has 1 aliphatic heterocycles. The van der Waals surface area contributed by atoms with Gasteiger partial charge in [0.25, 0.3) is 0 Å². The summed E-state index contributed by atoms with van der Waals surface area (Å²) >= 11 is 0. The molecule has 9 heteroatoms. The Morgan fingerprint density at radius 1 is 1.21 bits per heavy atom. The number of imidazole rings is 1. The summed E-state index contributed by atoms with van der Waals surface area (Å²) in [5, 5.41) is 10.8. The lowest BCUT2D eigenvalue weighted by Gasteiger charge is -2.57. The summed E-state index contributed by atoms with van der Waals surface area (Å²) < 4.78 is 18.4. The van der Waals surface area contributed by atoms with E-state index in [1.165, 1.54) is 44.9 Å². The first kappa shape index (κ1) is 25.4. The lowest BCUT2D eigenvalue weighted by atomic mass is 9.48. The molecule has 3 atom stereocenters. The second-order valence-corrected chi connectivity index (χ2v) is 12.3. The van der Waals surface area contributed by atoms with Crippen LogP contribution in [0.15, 0.2) is 12.4 Å². The van der Waals surface area contributed by atoms with Crippen LogP contribution in [0, 0.1) is 42.4 Å². The van der Waals surface area contributed by atoms with E-state index in [2.05, 4.69) is 15.9 Å². The van der Waals surface area contributed by atoms with Crippen LogP contribution < -0.4 is 5.73 Å². The van der Waals surface area contributed by atoms with Gasteiger partial charge >= 0.3 is 6.16 Å². The van der Waals surface area contributed by atoms with Crippen molar-refractivity contribution in [2.75, 3.05) is 18.9 Å². The summed E-state index contributed by atoms with van der Waals surface area (Å²) in [4.78, 5) is 21.2. The number of nitrogens with zero attached hydrogens (tertiary/aromatic N) is 3. The van der Waals surface area contributed by atoms with Crippen LogP contribution in [0.5, 0.6) is 0 Å². The van der Waals surface area contributed by atoms with Crippen LogP contribution >= 0.6 is 0 Å². The fourth-order valence-electron chi connectivity index (χ4n) is 8.16. The first-order valence-corrected chi connectivity index (χ1v) is 14.0. The van der Waals surface area contributed by atoms with Gasteiger partial charge in [-0.1, -0.05) is 5.92 Å². The lowest BCUT2D eigenvalue weighted by Crippen LogP contribution is -2.45. The lowest BCUT2D eigenvalue weighted by molar-refractivity contribution is -0.0981. The number of aliphatic hydroxyl groups is 1. The number of aromatic nitrogens is 3. The Kier molecular flexibility index (Phi) is 6.51. The van der Waals surface area contributed by atoms with E-state index in [9.17, 15) is 9.90 Å². The van der Waals surface area contributed by atoms with E-state index in [4.69, 9.17) is 26.4 Å². The Morgan fingerprint density at radius 2 is 1.92 bits per heavy atom. The zero-order valence-electron chi connectivity index (χ0n) is 22.1. The van der Waals surface area contributed by atoms with Crippen LogP contribution in [-0.2, 0) is 14.2 Å². The second-order valence-electron chi connectivity index (χ2n) is 12.3. The number of carbonyl (C=O) groups excluding carboxylic acids is 1. The van der Waals surface area contributed by atoms with Crippen LogP contribution in [0.3, 0.4) is 0 Å². The normalized spacial score (nSPS) is 35.4.